The Bertz CT molecular complexity index is 1050. The lowest BCUT2D eigenvalue weighted by molar-refractivity contribution is -0.938. The minimum absolute atomic E-state index is 0. The zero-order chi connectivity index (χ0) is 23.0. The fraction of sp³-hybridized carbons (Fsp3) is 0.458. The van der Waals surface area contributed by atoms with Gasteiger partial charge in [-0.05, 0) is 24.3 Å². The summed E-state index contributed by atoms with van der Waals surface area (Å²) in [5, 5.41) is 11.1. The molecule has 0 amide bonds. The van der Waals surface area contributed by atoms with Crippen LogP contribution < -0.4 is 17.0 Å². The van der Waals surface area contributed by atoms with Crippen molar-refractivity contribution >= 4 is 29.2 Å². The number of halogens is 5. The summed E-state index contributed by atoms with van der Waals surface area (Å²) in [6.07, 6.45) is 1.12. The van der Waals surface area contributed by atoms with Crippen LogP contribution in [0.1, 0.15) is 31.4 Å². The van der Waals surface area contributed by atoms with Crippen LogP contribution in [0.2, 0.25) is 10.0 Å². The van der Waals surface area contributed by atoms with Crippen molar-refractivity contribution in [1.29, 1.82) is 0 Å². The molecule has 3 aliphatic heterocycles. The number of ether oxygens (including phenoxy) is 2. The molecule has 1 N–H and O–H groups in total. The molecule has 5 nitrogen and oxygen atoms in total. The first kappa shape index (κ1) is 27.3. The number of rotatable bonds is 4. The monoisotopic (exact) mass is 579 g/mol. The molecule has 3 fully saturated rings. The van der Waals surface area contributed by atoms with Crippen molar-refractivity contribution in [1.82, 2.24) is 0 Å². The highest BCUT2D eigenvalue weighted by molar-refractivity contribution is 6.31. The van der Waals surface area contributed by atoms with Crippen molar-refractivity contribution < 1.29 is 49.6 Å². The van der Waals surface area contributed by atoms with Gasteiger partial charge in [0.1, 0.15) is 42.0 Å². The van der Waals surface area contributed by atoms with Crippen molar-refractivity contribution in [2.45, 2.75) is 56.3 Å². The number of epoxide rings is 1. The highest BCUT2D eigenvalue weighted by Gasteiger charge is 2.71. The SMILES string of the molecule is C.C[N+]1(C)C2CC(OC(=O)C(O)(c3ccc(F)c(Cl)c3)c3ccc(F)c(Cl)c3)C[C@H]1[C@H]1OC21.[Br-]. The molecule has 3 aliphatic rings. The number of aliphatic hydroxyl groups is 1. The summed E-state index contributed by atoms with van der Waals surface area (Å²) in [5.41, 5.74) is -2.36. The Labute approximate surface area is 217 Å². The molecule has 0 aliphatic carbocycles. The van der Waals surface area contributed by atoms with Gasteiger partial charge in [-0.1, -0.05) is 42.8 Å². The van der Waals surface area contributed by atoms with Crippen LogP contribution in [0.5, 0.6) is 0 Å². The summed E-state index contributed by atoms with van der Waals surface area (Å²) >= 11 is 11.8. The number of quaternary nitrogens is 1. The second kappa shape index (κ2) is 9.30. The van der Waals surface area contributed by atoms with E-state index < -0.39 is 29.3 Å². The minimum atomic E-state index is -2.35. The maximum Gasteiger partial charge on any atom is 0.347 e. The lowest BCUT2D eigenvalue weighted by atomic mass is 9.86. The maximum absolute atomic E-state index is 13.8. The molecule has 5 rings (SSSR count). The molecule has 0 spiro atoms. The van der Waals surface area contributed by atoms with Gasteiger partial charge in [0.2, 0.25) is 5.60 Å². The lowest BCUT2D eigenvalue weighted by Gasteiger charge is -2.45. The van der Waals surface area contributed by atoms with E-state index in [1.54, 1.807) is 0 Å². The van der Waals surface area contributed by atoms with Gasteiger partial charge in [0.05, 0.1) is 24.1 Å². The number of carbonyl (C=O) groups excluding carboxylic acids is 1. The Morgan fingerprint density at radius 2 is 1.47 bits per heavy atom. The first-order valence-electron chi connectivity index (χ1n) is 10.4. The van der Waals surface area contributed by atoms with Crippen molar-refractivity contribution in [3.8, 4) is 0 Å². The average molecular weight is 581 g/mol. The molecule has 0 radical (unpaired) electrons. The number of piperidine rings is 1. The van der Waals surface area contributed by atoms with Gasteiger partial charge in [0, 0.05) is 24.0 Å². The summed E-state index contributed by atoms with van der Waals surface area (Å²) in [5.74, 6) is -2.35. The molecule has 0 saturated carbocycles. The normalized spacial score (nSPS) is 28.3. The van der Waals surface area contributed by atoms with Crippen LogP contribution in [0.4, 0.5) is 8.78 Å². The number of fused-ring (bicyclic) bond motifs is 5. The molecule has 3 unspecified atom stereocenters. The van der Waals surface area contributed by atoms with Gasteiger partial charge < -0.3 is 36.0 Å². The minimum Gasteiger partial charge on any atom is -1.00 e. The van der Waals surface area contributed by atoms with Gasteiger partial charge in [0.15, 0.2) is 0 Å². The number of likely N-dealkylation sites (N-methyl/N-ethyl adjacent to an activating group) is 1. The largest absolute Gasteiger partial charge is 1.00 e. The Morgan fingerprint density at radius 1 is 1.03 bits per heavy atom. The van der Waals surface area contributed by atoms with E-state index >= 15 is 0 Å². The van der Waals surface area contributed by atoms with Gasteiger partial charge in [0.25, 0.3) is 0 Å². The number of hydrogen-bond acceptors (Lipinski definition) is 4. The second-order valence-electron chi connectivity index (χ2n) is 9.30. The van der Waals surface area contributed by atoms with E-state index in [1.807, 2.05) is 0 Å². The molecule has 0 aromatic heterocycles. The van der Waals surface area contributed by atoms with Crippen molar-refractivity contribution in [2.24, 2.45) is 0 Å². The zero-order valence-corrected chi connectivity index (χ0v) is 20.9. The second-order valence-corrected chi connectivity index (χ2v) is 10.1. The van der Waals surface area contributed by atoms with Crippen molar-refractivity contribution in [2.75, 3.05) is 14.1 Å². The predicted octanol–water partition coefficient (Wildman–Crippen LogP) is 1.45. The van der Waals surface area contributed by atoms with Crippen LogP contribution in [0, 0.1) is 11.6 Å². The molecule has 2 aromatic carbocycles. The van der Waals surface area contributed by atoms with Crippen LogP contribution in [0.15, 0.2) is 36.4 Å². The summed E-state index contributed by atoms with van der Waals surface area (Å²) in [7, 11) is 4.31. The number of hydrogen-bond donors (Lipinski definition) is 1. The smallest absolute Gasteiger partial charge is 0.347 e. The highest BCUT2D eigenvalue weighted by Crippen LogP contribution is 2.52. The standard InChI is InChI=1S/C23H22Cl2F2NO4.CH4.BrH/c1-28(2)18-9-13(10-19(28)21-20(18)32-21)31-22(29)23(30,11-3-5-16(26)14(24)7-11)12-4-6-17(27)15(25)8-12;;/h3-8,13,18-21,30H,9-10H2,1-2H3;1H4;1H/q+1;;/p-1/t13?,18-,19?,20+,21?;;/m0../s1. The van der Waals surface area contributed by atoms with Gasteiger partial charge in [-0.15, -0.1) is 0 Å². The molecule has 2 aromatic rings. The Morgan fingerprint density at radius 3 is 1.88 bits per heavy atom. The van der Waals surface area contributed by atoms with E-state index in [4.69, 9.17) is 32.7 Å². The highest BCUT2D eigenvalue weighted by atomic mass is 79.9. The van der Waals surface area contributed by atoms with Crippen molar-refractivity contribution in [3.05, 3.63) is 69.2 Å². The summed E-state index contributed by atoms with van der Waals surface area (Å²) in [6, 6.07) is 7.29. The summed E-state index contributed by atoms with van der Waals surface area (Å²) in [6.45, 7) is 0. The van der Waals surface area contributed by atoms with Crippen LogP contribution in [0.25, 0.3) is 0 Å². The van der Waals surface area contributed by atoms with Gasteiger partial charge in [-0.3, -0.25) is 0 Å². The third-order valence-electron chi connectivity index (χ3n) is 7.28. The van der Waals surface area contributed by atoms with Crippen LogP contribution >= 0.6 is 23.2 Å². The Balaban J connectivity index is 0.00000162. The third kappa shape index (κ3) is 4.16. The quantitative estimate of drug-likeness (QED) is 0.338. The number of carbonyl (C=O) groups is 1. The molecule has 3 saturated heterocycles. The van der Waals surface area contributed by atoms with Crippen LogP contribution in [-0.2, 0) is 19.9 Å². The van der Waals surface area contributed by atoms with Crippen LogP contribution in [-0.4, -0.2) is 60.0 Å². The predicted molar refractivity (Wildman–Crippen MR) is 120 cm³/mol. The van der Waals surface area contributed by atoms with Gasteiger partial charge in [-0.25, -0.2) is 13.6 Å². The number of nitrogens with zero attached hydrogens (tertiary/aromatic N) is 1. The molecule has 186 valence electrons. The van der Waals surface area contributed by atoms with E-state index in [0.717, 1.165) is 28.7 Å². The number of morpholine rings is 1. The fourth-order valence-electron chi connectivity index (χ4n) is 5.38. The zero-order valence-electron chi connectivity index (χ0n) is 17.8. The van der Waals surface area contributed by atoms with Gasteiger partial charge in [-0.2, -0.15) is 0 Å². The summed E-state index contributed by atoms with van der Waals surface area (Å²) in [4.78, 5) is 13.4. The Kier molecular flexibility index (Phi) is 7.47. The molecule has 10 heteroatoms. The lowest BCUT2D eigenvalue weighted by Crippen LogP contribution is -3.00. The first-order chi connectivity index (χ1) is 15.0. The number of benzene rings is 2. The van der Waals surface area contributed by atoms with E-state index in [1.165, 1.54) is 12.1 Å². The van der Waals surface area contributed by atoms with Gasteiger partial charge >= 0.3 is 5.97 Å². The average Bonchev–Trinajstić information content (AvgIpc) is 3.50. The van der Waals surface area contributed by atoms with E-state index in [2.05, 4.69) is 14.1 Å². The maximum atomic E-state index is 13.8. The number of esters is 1. The molecule has 34 heavy (non-hydrogen) atoms. The topological polar surface area (TPSA) is 59.1 Å². The van der Waals surface area contributed by atoms with E-state index in [0.29, 0.717) is 12.8 Å². The summed E-state index contributed by atoms with van der Waals surface area (Å²) < 4.78 is 39.9. The van der Waals surface area contributed by atoms with Crippen molar-refractivity contribution in [3.63, 3.8) is 0 Å². The fourth-order valence-corrected chi connectivity index (χ4v) is 5.74. The van der Waals surface area contributed by atoms with E-state index in [-0.39, 0.29) is 69.9 Å². The molecular weight excluding hydrogens is 555 g/mol. The molecule has 3 heterocycles. The Hall–Kier alpha value is -1.29. The third-order valence-corrected chi connectivity index (χ3v) is 7.86. The molecule has 2 bridgehead atoms. The first-order valence-corrected chi connectivity index (χ1v) is 11.1. The molecular formula is C24H26BrCl2F2NO4. The van der Waals surface area contributed by atoms with E-state index in [9.17, 15) is 18.7 Å². The molecule has 5 atom stereocenters. The van der Waals surface area contributed by atoms with Crippen LogP contribution in [0.3, 0.4) is 0 Å².